The van der Waals surface area contributed by atoms with Gasteiger partial charge in [0.15, 0.2) is 0 Å². The van der Waals surface area contributed by atoms with Crippen LogP contribution in [0.3, 0.4) is 0 Å². The first kappa shape index (κ1) is 15.2. The molecule has 1 atom stereocenters. The summed E-state index contributed by atoms with van der Waals surface area (Å²) in [6.45, 7) is 5.80. The molecule has 16 heavy (non-hydrogen) atoms. The first-order valence-electron chi connectivity index (χ1n) is 6.52. The van der Waals surface area contributed by atoms with Gasteiger partial charge in [-0.3, -0.25) is 4.79 Å². The lowest BCUT2D eigenvalue weighted by Crippen LogP contribution is -2.15. The molecule has 0 bridgehead atoms. The molecule has 0 aliphatic heterocycles. The fraction of sp³-hybridized carbons (Fsp3) is 0.786. The second-order valence-electron chi connectivity index (χ2n) is 4.20. The van der Waals surface area contributed by atoms with E-state index in [1.165, 1.54) is 26.2 Å². The molecule has 0 amide bonds. The summed E-state index contributed by atoms with van der Waals surface area (Å²) in [7, 11) is 0. The SMILES string of the molecule is CC/C=C/CC(CCCCCC)OC(C)=O. The van der Waals surface area contributed by atoms with Gasteiger partial charge >= 0.3 is 5.97 Å². The molecule has 0 N–H and O–H groups in total. The third-order valence-electron chi connectivity index (χ3n) is 2.51. The van der Waals surface area contributed by atoms with Crippen molar-refractivity contribution in [2.75, 3.05) is 0 Å². The van der Waals surface area contributed by atoms with Gasteiger partial charge in [0, 0.05) is 13.3 Å². The molecule has 0 fully saturated rings. The molecule has 0 spiro atoms. The van der Waals surface area contributed by atoms with Crippen LogP contribution in [0.1, 0.15) is 65.7 Å². The van der Waals surface area contributed by atoms with E-state index in [0.29, 0.717) is 0 Å². The van der Waals surface area contributed by atoms with E-state index >= 15 is 0 Å². The Balaban J connectivity index is 3.80. The van der Waals surface area contributed by atoms with Crippen LogP contribution >= 0.6 is 0 Å². The van der Waals surface area contributed by atoms with Crippen LogP contribution in [0.15, 0.2) is 12.2 Å². The summed E-state index contributed by atoms with van der Waals surface area (Å²) in [6, 6.07) is 0. The van der Waals surface area contributed by atoms with Gasteiger partial charge in [-0.05, 0) is 19.3 Å². The third-order valence-corrected chi connectivity index (χ3v) is 2.51. The Morgan fingerprint density at radius 2 is 1.94 bits per heavy atom. The van der Waals surface area contributed by atoms with Gasteiger partial charge in [-0.2, -0.15) is 0 Å². The Bertz CT molecular complexity index is 197. The Morgan fingerprint density at radius 1 is 1.19 bits per heavy atom. The second-order valence-corrected chi connectivity index (χ2v) is 4.20. The quantitative estimate of drug-likeness (QED) is 0.334. The molecule has 0 saturated carbocycles. The number of unbranched alkanes of at least 4 members (excludes halogenated alkanes) is 3. The van der Waals surface area contributed by atoms with Crippen LogP contribution < -0.4 is 0 Å². The molecular weight excluding hydrogens is 200 g/mol. The third kappa shape index (κ3) is 9.75. The van der Waals surface area contributed by atoms with E-state index in [0.717, 1.165) is 25.7 Å². The summed E-state index contributed by atoms with van der Waals surface area (Å²) < 4.78 is 5.29. The van der Waals surface area contributed by atoms with Gasteiger partial charge in [-0.15, -0.1) is 0 Å². The summed E-state index contributed by atoms with van der Waals surface area (Å²) in [5.41, 5.74) is 0. The van der Waals surface area contributed by atoms with Crippen molar-refractivity contribution in [2.45, 2.75) is 71.8 Å². The fourth-order valence-corrected chi connectivity index (χ4v) is 1.67. The van der Waals surface area contributed by atoms with Crippen LogP contribution in [0, 0.1) is 0 Å². The maximum atomic E-state index is 10.9. The van der Waals surface area contributed by atoms with E-state index in [9.17, 15) is 4.79 Å². The topological polar surface area (TPSA) is 26.3 Å². The molecule has 0 aromatic rings. The zero-order valence-electron chi connectivity index (χ0n) is 11.0. The van der Waals surface area contributed by atoms with Crippen molar-refractivity contribution in [3.05, 3.63) is 12.2 Å². The monoisotopic (exact) mass is 226 g/mol. The van der Waals surface area contributed by atoms with Crippen LogP contribution in [0.25, 0.3) is 0 Å². The number of esters is 1. The van der Waals surface area contributed by atoms with E-state index in [1.807, 2.05) is 0 Å². The smallest absolute Gasteiger partial charge is 0.302 e. The summed E-state index contributed by atoms with van der Waals surface area (Å²) in [4.78, 5) is 10.9. The fourth-order valence-electron chi connectivity index (χ4n) is 1.67. The first-order valence-corrected chi connectivity index (χ1v) is 6.52. The number of hydrogen-bond acceptors (Lipinski definition) is 2. The Kier molecular flexibility index (Phi) is 10.2. The van der Waals surface area contributed by atoms with Crippen molar-refractivity contribution in [2.24, 2.45) is 0 Å². The summed E-state index contributed by atoms with van der Waals surface area (Å²) in [5, 5.41) is 0. The zero-order valence-corrected chi connectivity index (χ0v) is 11.0. The van der Waals surface area contributed by atoms with Crippen molar-refractivity contribution < 1.29 is 9.53 Å². The van der Waals surface area contributed by atoms with Crippen LogP contribution in [0.5, 0.6) is 0 Å². The Labute approximate surface area is 100 Å². The van der Waals surface area contributed by atoms with Crippen LogP contribution in [0.2, 0.25) is 0 Å². The molecule has 94 valence electrons. The maximum absolute atomic E-state index is 10.9. The zero-order chi connectivity index (χ0) is 12.2. The minimum absolute atomic E-state index is 0.0807. The lowest BCUT2D eigenvalue weighted by molar-refractivity contribution is -0.146. The molecule has 2 nitrogen and oxygen atoms in total. The number of hydrogen-bond donors (Lipinski definition) is 0. The first-order chi connectivity index (χ1) is 7.70. The largest absolute Gasteiger partial charge is 0.462 e. The molecule has 0 rings (SSSR count). The molecule has 0 heterocycles. The number of carbonyl (C=O) groups is 1. The van der Waals surface area contributed by atoms with Gasteiger partial charge in [0.05, 0.1) is 0 Å². The van der Waals surface area contributed by atoms with E-state index < -0.39 is 0 Å². The molecule has 0 aromatic heterocycles. The normalized spacial score (nSPS) is 12.9. The van der Waals surface area contributed by atoms with E-state index in [4.69, 9.17) is 4.74 Å². The highest BCUT2D eigenvalue weighted by molar-refractivity contribution is 5.66. The highest BCUT2D eigenvalue weighted by Crippen LogP contribution is 2.12. The van der Waals surface area contributed by atoms with Gasteiger partial charge in [0.25, 0.3) is 0 Å². The molecule has 0 aromatic carbocycles. The molecule has 0 aliphatic rings. The predicted molar refractivity (Wildman–Crippen MR) is 68.4 cm³/mol. The standard InChI is InChI=1S/C14H26O2/c1-4-6-8-10-12-14(16-13(3)15)11-9-7-5-2/h7,9,14H,4-6,8,10-12H2,1-3H3/b9-7+. The van der Waals surface area contributed by atoms with Crippen molar-refractivity contribution in [1.82, 2.24) is 0 Å². The highest BCUT2D eigenvalue weighted by atomic mass is 16.5. The van der Waals surface area contributed by atoms with Crippen LogP contribution in [-0.2, 0) is 9.53 Å². The van der Waals surface area contributed by atoms with Crippen molar-refractivity contribution in [3.8, 4) is 0 Å². The van der Waals surface area contributed by atoms with Crippen molar-refractivity contribution in [3.63, 3.8) is 0 Å². The van der Waals surface area contributed by atoms with Crippen LogP contribution in [-0.4, -0.2) is 12.1 Å². The van der Waals surface area contributed by atoms with Gasteiger partial charge in [-0.25, -0.2) is 0 Å². The van der Waals surface area contributed by atoms with Crippen LogP contribution in [0.4, 0.5) is 0 Å². The van der Waals surface area contributed by atoms with Gasteiger partial charge in [0.1, 0.15) is 6.10 Å². The van der Waals surface area contributed by atoms with E-state index in [-0.39, 0.29) is 12.1 Å². The summed E-state index contributed by atoms with van der Waals surface area (Å²) in [6.07, 6.45) is 12.1. The maximum Gasteiger partial charge on any atom is 0.302 e. The summed E-state index contributed by atoms with van der Waals surface area (Å²) >= 11 is 0. The number of carbonyl (C=O) groups excluding carboxylic acids is 1. The minimum Gasteiger partial charge on any atom is -0.462 e. The van der Waals surface area contributed by atoms with Crippen molar-refractivity contribution in [1.29, 1.82) is 0 Å². The van der Waals surface area contributed by atoms with E-state index in [1.54, 1.807) is 0 Å². The van der Waals surface area contributed by atoms with Gasteiger partial charge < -0.3 is 4.74 Å². The molecular formula is C14H26O2. The van der Waals surface area contributed by atoms with Crippen molar-refractivity contribution >= 4 is 5.97 Å². The lowest BCUT2D eigenvalue weighted by atomic mass is 10.1. The molecule has 0 radical (unpaired) electrons. The number of ether oxygens (including phenoxy) is 1. The molecule has 0 saturated heterocycles. The molecule has 2 heteroatoms. The van der Waals surface area contributed by atoms with E-state index in [2.05, 4.69) is 26.0 Å². The Hall–Kier alpha value is -0.790. The molecule has 1 unspecified atom stereocenters. The second kappa shape index (κ2) is 10.7. The summed E-state index contributed by atoms with van der Waals surface area (Å²) in [5.74, 6) is -0.162. The highest BCUT2D eigenvalue weighted by Gasteiger charge is 2.09. The minimum atomic E-state index is -0.162. The Morgan fingerprint density at radius 3 is 2.50 bits per heavy atom. The average Bonchev–Trinajstić information content (AvgIpc) is 2.23. The average molecular weight is 226 g/mol. The number of allylic oxidation sites excluding steroid dienone is 1. The number of rotatable bonds is 9. The predicted octanol–water partition coefficient (Wildman–Crippen LogP) is 4.24. The lowest BCUT2D eigenvalue weighted by Gasteiger charge is -2.15. The van der Waals surface area contributed by atoms with Gasteiger partial charge in [0.2, 0.25) is 0 Å². The molecule has 0 aliphatic carbocycles. The van der Waals surface area contributed by atoms with Gasteiger partial charge in [-0.1, -0.05) is 45.3 Å².